The molecule has 3 aromatic heterocycles. The van der Waals surface area contributed by atoms with Crippen LogP contribution >= 0.6 is 22.7 Å². The quantitative estimate of drug-likeness (QED) is 0.457. The summed E-state index contributed by atoms with van der Waals surface area (Å²) in [7, 11) is 1.37. The Hall–Kier alpha value is -3.06. The number of nitrogens with zero attached hydrogens (tertiary/aromatic N) is 4. The summed E-state index contributed by atoms with van der Waals surface area (Å²) in [6.07, 6.45) is -0.831. The number of carbonyl (C=O) groups is 1. The van der Waals surface area contributed by atoms with E-state index in [2.05, 4.69) is 0 Å². The number of hydroxylamine groups is 2. The molecule has 0 bridgehead atoms. The molecule has 33 heavy (non-hydrogen) atoms. The normalized spacial score (nSPS) is 16.3. The average Bonchev–Trinajstić information content (AvgIpc) is 3.48. The third-order valence-electron chi connectivity index (χ3n) is 5.68. The summed E-state index contributed by atoms with van der Waals surface area (Å²) in [5, 5.41) is 11.0. The molecule has 1 N–H and O–H groups in total. The highest BCUT2D eigenvalue weighted by Crippen LogP contribution is 2.32. The third-order valence-corrected chi connectivity index (χ3v) is 7.83. The van der Waals surface area contributed by atoms with Crippen molar-refractivity contribution in [3.8, 4) is 0 Å². The summed E-state index contributed by atoms with van der Waals surface area (Å²) in [6, 6.07) is 7.34. The smallest absolute Gasteiger partial charge is 0.331 e. The van der Waals surface area contributed by atoms with Crippen LogP contribution in [-0.2, 0) is 25.0 Å². The number of aliphatic hydroxyl groups excluding tert-OH is 1. The van der Waals surface area contributed by atoms with Crippen LogP contribution in [0.4, 0.5) is 0 Å². The highest BCUT2D eigenvalue weighted by Gasteiger charge is 2.33. The van der Waals surface area contributed by atoms with Gasteiger partial charge in [0.25, 0.3) is 11.5 Å². The van der Waals surface area contributed by atoms with Crippen LogP contribution in [0.3, 0.4) is 0 Å². The maximum absolute atomic E-state index is 13.5. The van der Waals surface area contributed by atoms with E-state index < -0.39 is 23.3 Å². The Bertz CT molecular complexity index is 1590. The lowest BCUT2D eigenvalue weighted by Gasteiger charge is -2.15. The van der Waals surface area contributed by atoms with E-state index in [1.807, 2.05) is 24.3 Å². The van der Waals surface area contributed by atoms with E-state index in [4.69, 9.17) is 4.84 Å². The van der Waals surface area contributed by atoms with Gasteiger partial charge in [-0.05, 0) is 19.1 Å². The van der Waals surface area contributed by atoms with Gasteiger partial charge in [-0.1, -0.05) is 23.5 Å². The third kappa shape index (κ3) is 3.37. The van der Waals surface area contributed by atoms with Crippen molar-refractivity contribution in [2.24, 2.45) is 7.05 Å². The van der Waals surface area contributed by atoms with Crippen LogP contribution in [0.25, 0.3) is 20.4 Å². The van der Waals surface area contributed by atoms with Crippen LogP contribution in [0.1, 0.15) is 22.2 Å². The minimum Gasteiger partial charge on any atom is -0.389 e. The second-order valence-electron chi connectivity index (χ2n) is 7.71. The molecule has 0 spiro atoms. The molecule has 4 aromatic rings. The summed E-state index contributed by atoms with van der Waals surface area (Å²) in [6.45, 7) is 2.07. The van der Waals surface area contributed by atoms with Crippen LogP contribution < -0.4 is 16.1 Å². The second kappa shape index (κ2) is 8.06. The zero-order chi connectivity index (χ0) is 23.4. The SMILES string of the molecule is CCn1c(=O)n(C)c(=O)c2c(C(=O)N3CC(O)CO3)c(Cn3c(=O)sc4ccccc43)sc21. The molecule has 1 unspecified atom stereocenters. The number of hydrogen-bond acceptors (Lipinski definition) is 8. The molecule has 1 aromatic carbocycles. The minimum absolute atomic E-state index is 0.0323. The number of thiazole rings is 1. The van der Waals surface area contributed by atoms with E-state index in [9.17, 15) is 24.3 Å². The van der Waals surface area contributed by atoms with Crippen LogP contribution in [0.15, 0.2) is 38.6 Å². The summed E-state index contributed by atoms with van der Waals surface area (Å²) >= 11 is 2.24. The van der Waals surface area contributed by atoms with Crippen LogP contribution in [0.5, 0.6) is 0 Å². The molecule has 1 saturated heterocycles. The van der Waals surface area contributed by atoms with Crippen molar-refractivity contribution in [1.82, 2.24) is 18.8 Å². The maximum atomic E-state index is 13.5. The van der Waals surface area contributed by atoms with E-state index in [0.717, 1.165) is 42.5 Å². The van der Waals surface area contributed by atoms with E-state index >= 15 is 0 Å². The van der Waals surface area contributed by atoms with Crippen LogP contribution in [-0.4, -0.2) is 49.0 Å². The van der Waals surface area contributed by atoms with Gasteiger partial charge in [0.2, 0.25) is 0 Å². The van der Waals surface area contributed by atoms with Crippen LogP contribution in [0, 0.1) is 0 Å². The summed E-state index contributed by atoms with van der Waals surface area (Å²) in [5.74, 6) is -0.584. The summed E-state index contributed by atoms with van der Waals surface area (Å²) < 4.78 is 4.78. The van der Waals surface area contributed by atoms with Gasteiger partial charge < -0.3 is 5.11 Å². The molecule has 1 amide bonds. The average molecular weight is 489 g/mol. The monoisotopic (exact) mass is 488 g/mol. The molecule has 1 fully saturated rings. The largest absolute Gasteiger partial charge is 0.389 e. The fraction of sp³-hybridized carbons (Fsp3) is 0.333. The number of rotatable bonds is 4. The molecular formula is C21H20N4O6S2. The Balaban J connectivity index is 1.79. The van der Waals surface area contributed by atoms with Crippen molar-refractivity contribution in [3.63, 3.8) is 0 Å². The molecule has 0 aliphatic carbocycles. The molecule has 10 nitrogen and oxygen atoms in total. The number of amides is 1. The van der Waals surface area contributed by atoms with Gasteiger partial charge in [0, 0.05) is 18.5 Å². The summed E-state index contributed by atoms with van der Waals surface area (Å²) in [4.78, 5) is 58.1. The predicted molar refractivity (Wildman–Crippen MR) is 125 cm³/mol. The number of aromatic nitrogens is 3. The number of aryl methyl sites for hydroxylation is 1. The number of fused-ring (bicyclic) bond motifs is 2. The topological polar surface area (TPSA) is 116 Å². The molecular weight excluding hydrogens is 468 g/mol. The molecule has 1 aliphatic heterocycles. The van der Waals surface area contributed by atoms with E-state index in [1.165, 1.54) is 11.6 Å². The molecule has 1 aliphatic rings. The first kappa shape index (κ1) is 21.8. The van der Waals surface area contributed by atoms with Gasteiger partial charge in [0.1, 0.15) is 17.5 Å². The Morgan fingerprint density at radius 3 is 2.64 bits per heavy atom. The zero-order valence-corrected chi connectivity index (χ0v) is 19.4. The molecule has 12 heteroatoms. The van der Waals surface area contributed by atoms with Gasteiger partial charge in [-0.25, -0.2) is 9.86 Å². The molecule has 1 atom stereocenters. The molecule has 0 saturated carbocycles. The number of thiophene rings is 1. The Kier molecular flexibility index (Phi) is 5.32. The lowest BCUT2D eigenvalue weighted by Crippen LogP contribution is -2.38. The van der Waals surface area contributed by atoms with Crippen molar-refractivity contribution in [3.05, 3.63) is 65.2 Å². The first-order valence-corrected chi connectivity index (χ1v) is 11.9. The van der Waals surface area contributed by atoms with Crippen molar-refractivity contribution >= 4 is 49.0 Å². The number of hydrogen-bond donors (Lipinski definition) is 1. The lowest BCUT2D eigenvalue weighted by molar-refractivity contribution is -0.0778. The number of aliphatic hydroxyl groups is 1. The zero-order valence-electron chi connectivity index (χ0n) is 17.8. The predicted octanol–water partition coefficient (Wildman–Crippen LogP) is 0.955. The minimum atomic E-state index is -0.831. The Morgan fingerprint density at radius 1 is 1.18 bits per heavy atom. The Labute approximate surface area is 194 Å². The number of para-hydroxylation sites is 1. The number of β-amino-alcohol motifs (C(OH)–C–C–N with tert-alkyl or cyclic N) is 1. The molecule has 4 heterocycles. The van der Waals surface area contributed by atoms with Gasteiger partial charge in [0.15, 0.2) is 0 Å². The van der Waals surface area contributed by atoms with Gasteiger partial charge in [0.05, 0.1) is 34.3 Å². The van der Waals surface area contributed by atoms with E-state index in [0.29, 0.717) is 16.3 Å². The second-order valence-corrected chi connectivity index (χ2v) is 9.79. The Morgan fingerprint density at radius 2 is 1.94 bits per heavy atom. The summed E-state index contributed by atoms with van der Waals surface area (Å²) in [5.41, 5.74) is -0.258. The van der Waals surface area contributed by atoms with Gasteiger partial charge in [-0.15, -0.1) is 11.3 Å². The maximum Gasteiger partial charge on any atom is 0.331 e. The highest BCUT2D eigenvalue weighted by atomic mass is 32.1. The van der Waals surface area contributed by atoms with Crippen molar-refractivity contribution in [2.75, 3.05) is 13.2 Å². The molecule has 5 rings (SSSR count). The first-order valence-electron chi connectivity index (χ1n) is 10.3. The lowest BCUT2D eigenvalue weighted by atomic mass is 10.1. The van der Waals surface area contributed by atoms with Gasteiger partial charge >= 0.3 is 10.6 Å². The van der Waals surface area contributed by atoms with Crippen molar-refractivity contribution < 1.29 is 14.7 Å². The van der Waals surface area contributed by atoms with Crippen LogP contribution in [0.2, 0.25) is 0 Å². The van der Waals surface area contributed by atoms with Crippen molar-refractivity contribution in [2.45, 2.75) is 26.1 Å². The standard InChI is InChI=1S/C21H20N4O6S2/c1-3-23-19-16(17(27)22(2)20(23)29)15(18(28)25-8-11(26)10-31-25)14(32-19)9-24-12-6-4-5-7-13(12)33-21(24)30/h4-7,11,26H,3,8-10H2,1-2H3. The first-order chi connectivity index (χ1) is 15.8. The fourth-order valence-electron chi connectivity index (χ4n) is 4.04. The van der Waals surface area contributed by atoms with E-state index in [-0.39, 0.29) is 35.5 Å². The van der Waals surface area contributed by atoms with Gasteiger partial charge in [-0.3, -0.25) is 32.9 Å². The van der Waals surface area contributed by atoms with Crippen molar-refractivity contribution in [1.29, 1.82) is 0 Å². The molecule has 0 radical (unpaired) electrons. The number of benzene rings is 1. The highest BCUT2D eigenvalue weighted by molar-refractivity contribution is 7.19. The fourth-order valence-corrected chi connectivity index (χ4v) is 6.26. The van der Waals surface area contributed by atoms with E-state index in [1.54, 1.807) is 11.5 Å². The molecule has 172 valence electrons. The number of carbonyl (C=O) groups excluding carboxylic acids is 1. The van der Waals surface area contributed by atoms with Gasteiger partial charge in [-0.2, -0.15) is 0 Å².